The number of nitrogens with zero attached hydrogens (tertiary/aromatic N) is 3. The van der Waals surface area contributed by atoms with Crippen LogP contribution in [0.4, 0.5) is 0 Å². The Morgan fingerprint density at radius 1 is 0.952 bits per heavy atom. The van der Waals surface area contributed by atoms with Crippen molar-refractivity contribution < 1.29 is 9.90 Å². The lowest BCUT2D eigenvalue weighted by molar-refractivity contribution is -0.135. The van der Waals surface area contributed by atoms with Crippen molar-refractivity contribution >= 4 is 5.91 Å². The molecule has 5 nitrogen and oxygen atoms in total. The van der Waals surface area contributed by atoms with Gasteiger partial charge in [-0.25, -0.2) is 0 Å². The molecule has 0 aromatic heterocycles. The van der Waals surface area contributed by atoms with Gasteiger partial charge in [0.2, 0.25) is 5.91 Å². The Bertz CT molecular complexity index is 351. The third kappa shape index (κ3) is 4.18. The predicted molar refractivity (Wildman–Crippen MR) is 82.0 cm³/mol. The number of piperidine rings is 1. The largest absolute Gasteiger partial charge is 0.392 e. The lowest BCUT2D eigenvalue weighted by Gasteiger charge is -2.39. The SMILES string of the molecule is O=C(CN1CCC[C@@H](O)C1)N1CCN(CC2CCC2)CC1. The van der Waals surface area contributed by atoms with Crippen molar-refractivity contribution in [3.8, 4) is 0 Å². The second-order valence-electron chi connectivity index (χ2n) is 7.01. The van der Waals surface area contributed by atoms with Crippen LogP contribution < -0.4 is 0 Å². The predicted octanol–water partition coefficient (Wildman–Crippen LogP) is 0.387. The highest BCUT2D eigenvalue weighted by atomic mass is 16.3. The molecule has 3 aliphatic rings. The van der Waals surface area contributed by atoms with Gasteiger partial charge in [0.1, 0.15) is 0 Å². The average molecular weight is 295 g/mol. The van der Waals surface area contributed by atoms with E-state index in [-0.39, 0.29) is 12.0 Å². The third-order valence-electron chi connectivity index (χ3n) is 5.31. The van der Waals surface area contributed by atoms with E-state index in [0.29, 0.717) is 13.1 Å². The standard InChI is InChI=1S/C16H29N3O2/c20-15-5-2-6-18(12-15)13-16(21)19-9-7-17(8-10-19)11-14-3-1-4-14/h14-15,20H,1-13H2/t15-/m1/s1. The molecule has 1 saturated carbocycles. The molecule has 5 heteroatoms. The summed E-state index contributed by atoms with van der Waals surface area (Å²) in [5.41, 5.74) is 0. The highest BCUT2D eigenvalue weighted by molar-refractivity contribution is 5.78. The van der Waals surface area contributed by atoms with E-state index in [9.17, 15) is 9.90 Å². The topological polar surface area (TPSA) is 47.0 Å². The number of hydrogen-bond acceptors (Lipinski definition) is 4. The van der Waals surface area contributed by atoms with Crippen LogP contribution in [0.2, 0.25) is 0 Å². The quantitative estimate of drug-likeness (QED) is 0.815. The van der Waals surface area contributed by atoms with Gasteiger partial charge in [-0.05, 0) is 38.1 Å². The van der Waals surface area contributed by atoms with Gasteiger partial charge >= 0.3 is 0 Å². The second-order valence-corrected chi connectivity index (χ2v) is 7.01. The Morgan fingerprint density at radius 3 is 2.33 bits per heavy atom. The van der Waals surface area contributed by atoms with E-state index < -0.39 is 0 Å². The van der Waals surface area contributed by atoms with Crippen molar-refractivity contribution in [2.75, 3.05) is 52.4 Å². The van der Waals surface area contributed by atoms with E-state index in [1.807, 2.05) is 4.90 Å². The number of hydrogen-bond donors (Lipinski definition) is 1. The lowest BCUT2D eigenvalue weighted by atomic mass is 9.85. The first kappa shape index (κ1) is 15.3. The number of piperazine rings is 1. The Kier molecular flexibility index (Phi) is 5.14. The summed E-state index contributed by atoms with van der Waals surface area (Å²) in [7, 11) is 0. The minimum absolute atomic E-state index is 0.243. The first-order valence-electron chi connectivity index (χ1n) is 8.61. The van der Waals surface area contributed by atoms with Crippen LogP contribution in [-0.4, -0.2) is 84.2 Å². The van der Waals surface area contributed by atoms with Crippen molar-refractivity contribution in [3.63, 3.8) is 0 Å². The molecular formula is C16H29N3O2. The Labute approximate surface area is 127 Å². The van der Waals surface area contributed by atoms with Crippen molar-refractivity contribution in [2.45, 2.75) is 38.2 Å². The van der Waals surface area contributed by atoms with E-state index in [0.717, 1.165) is 51.5 Å². The van der Waals surface area contributed by atoms with Gasteiger partial charge in [-0.3, -0.25) is 14.6 Å². The molecule has 1 amide bonds. The molecule has 0 aromatic rings. The molecule has 0 spiro atoms. The molecule has 0 unspecified atom stereocenters. The van der Waals surface area contributed by atoms with Crippen LogP contribution in [0, 0.1) is 5.92 Å². The summed E-state index contributed by atoms with van der Waals surface area (Å²) in [5.74, 6) is 1.16. The number of carbonyl (C=O) groups excluding carboxylic acids is 1. The Balaban J connectivity index is 1.37. The van der Waals surface area contributed by atoms with E-state index in [4.69, 9.17) is 0 Å². The second kappa shape index (κ2) is 7.07. The fourth-order valence-corrected chi connectivity index (χ4v) is 3.69. The number of carbonyl (C=O) groups is 1. The fraction of sp³-hybridized carbons (Fsp3) is 0.938. The summed E-state index contributed by atoms with van der Waals surface area (Å²) in [6, 6.07) is 0. The number of rotatable bonds is 4. The molecule has 2 aliphatic heterocycles. The summed E-state index contributed by atoms with van der Waals surface area (Å²) in [4.78, 5) is 19.0. The zero-order valence-corrected chi connectivity index (χ0v) is 13.0. The van der Waals surface area contributed by atoms with Crippen LogP contribution in [0.1, 0.15) is 32.1 Å². The maximum Gasteiger partial charge on any atom is 0.236 e. The van der Waals surface area contributed by atoms with Gasteiger partial charge in [-0.2, -0.15) is 0 Å². The van der Waals surface area contributed by atoms with Gasteiger partial charge in [-0.15, -0.1) is 0 Å². The molecule has 3 fully saturated rings. The molecule has 21 heavy (non-hydrogen) atoms. The number of aliphatic hydroxyl groups is 1. The smallest absolute Gasteiger partial charge is 0.236 e. The van der Waals surface area contributed by atoms with Gasteiger partial charge in [-0.1, -0.05) is 6.42 Å². The first-order chi connectivity index (χ1) is 10.2. The van der Waals surface area contributed by atoms with Crippen molar-refractivity contribution in [3.05, 3.63) is 0 Å². The lowest BCUT2D eigenvalue weighted by Crippen LogP contribution is -2.53. The number of amides is 1. The zero-order chi connectivity index (χ0) is 14.7. The maximum absolute atomic E-state index is 12.4. The van der Waals surface area contributed by atoms with E-state index >= 15 is 0 Å². The molecule has 1 atom stereocenters. The zero-order valence-electron chi connectivity index (χ0n) is 13.0. The van der Waals surface area contributed by atoms with Crippen LogP contribution in [0.15, 0.2) is 0 Å². The molecule has 0 bridgehead atoms. The molecule has 2 heterocycles. The first-order valence-corrected chi connectivity index (χ1v) is 8.61. The normalized spacial score (nSPS) is 29.4. The van der Waals surface area contributed by atoms with E-state index in [1.54, 1.807) is 0 Å². The molecule has 1 N–H and O–H groups in total. The van der Waals surface area contributed by atoms with Crippen LogP contribution in [0.3, 0.4) is 0 Å². The number of aliphatic hydroxyl groups excluding tert-OH is 1. The van der Waals surface area contributed by atoms with Crippen molar-refractivity contribution in [1.29, 1.82) is 0 Å². The van der Waals surface area contributed by atoms with Gasteiger partial charge in [0, 0.05) is 39.3 Å². The van der Waals surface area contributed by atoms with E-state index in [2.05, 4.69) is 9.80 Å². The van der Waals surface area contributed by atoms with E-state index in [1.165, 1.54) is 25.8 Å². The highest BCUT2D eigenvalue weighted by Crippen LogP contribution is 2.27. The highest BCUT2D eigenvalue weighted by Gasteiger charge is 2.27. The Hall–Kier alpha value is -0.650. The maximum atomic E-state index is 12.4. The monoisotopic (exact) mass is 295 g/mol. The molecule has 3 rings (SSSR count). The van der Waals surface area contributed by atoms with Gasteiger partial charge < -0.3 is 10.0 Å². The molecule has 1 aliphatic carbocycles. The fourth-order valence-electron chi connectivity index (χ4n) is 3.69. The minimum Gasteiger partial charge on any atom is -0.392 e. The third-order valence-corrected chi connectivity index (χ3v) is 5.31. The summed E-state index contributed by atoms with van der Waals surface area (Å²) in [6.45, 7) is 7.15. The van der Waals surface area contributed by atoms with Crippen molar-refractivity contribution in [1.82, 2.24) is 14.7 Å². The van der Waals surface area contributed by atoms with Crippen LogP contribution in [0.25, 0.3) is 0 Å². The molecule has 2 saturated heterocycles. The van der Waals surface area contributed by atoms with Crippen LogP contribution >= 0.6 is 0 Å². The van der Waals surface area contributed by atoms with Crippen LogP contribution in [0.5, 0.6) is 0 Å². The molecule has 120 valence electrons. The Morgan fingerprint density at radius 2 is 1.71 bits per heavy atom. The van der Waals surface area contributed by atoms with Gasteiger partial charge in [0.05, 0.1) is 12.6 Å². The van der Waals surface area contributed by atoms with Crippen molar-refractivity contribution in [2.24, 2.45) is 5.92 Å². The molecule has 0 aromatic carbocycles. The minimum atomic E-state index is -0.245. The summed E-state index contributed by atoms with van der Waals surface area (Å²) in [5, 5.41) is 9.68. The summed E-state index contributed by atoms with van der Waals surface area (Å²) >= 11 is 0. The molecular weight excluding hydrogens is 266 g/mol. The number of likely N-dealkylation sites (tertiary alicyclic amines) is 1. The average Bonchev–Trinajstić information content (AvgIpc) is 2.43. The summed E-state index contributed by atoms with van der Waals surface area (Å²) < 4.78 is 0. The number of β-amino-alcohol motifs (C(OH)–C–C–N with tert-alkyl or cyclic N) is 1. The van der Waals surface area contributed by atoms with Crippen LogP contribution in [-0.2, 0) is 4.79 Å². The van der Waals surface area contributed by atoms with Gasteiger partial charge in [0.25, 0.3) is 0 Å². The van der Waals surface area contributed by atoms with Gasteiger partial charge in [0.15, 0.2) is 0 Å². The molecule has 0 radical (unpaired) electrons. The summed E-state index contributed by atoms with van der Waals surface area (Å²) in [6.07, 6.45) is 5.84.